The molecule has 1 aromatic heterocycles. The molecule has 4 nitrogen and oxygen atoms in total. The van der Waals surface area contributed by atoms with Gasteiger partial charge in [0, 0.05) is 12.8 Å². The van der Waals surface area contributed by atoms with Gasteiger partial charge < -0.3 is 5.11 Å². The van der Waals surface area contributed by atoms with Gasteiger partial charge in [0.05, 0.1) is 13.1 Å². The van der Waals surface area contributed by atoms with Crippen molar-refractivity contribution in [2.75, 3.05) is 0 Å². The highest BCUT2D eigenvalue weighted by Gasteiger charge is 2.14. The number of carboxylic acids is 1. The SMILES string of the molecule is CCC[n+]1ccn(CCCC(=O)O)c1CC. The fourth-order valence-electron chi connectivity index (χ4n) is 1.95. The normalized spacial score (nSPS) is 10.6. The highest BCUT2D eigenvalue weighted by atomic mass is 16.4. The molecular weight excluding hydrogens is 204 g/mol. The van der Waals surface area contributed by atoms with Gasteiger partial charge in [0.2, 0.25) is 0 Å². The topological polar surface area (TPSA) is 46.1 Å². The van der Waals surface area contributed by atoms with Crippen molar-refractivity contribution >= 4 is 5.97 Å². The smallest absolute Gasteiger partial charge is 0.303 e. The van der Waals surface area contributed by atoms with Crippen LogP contribution in [0.4, 0.5) is 0 Å². The lowest BCUT2D eigenvalue weighted by atomic mass is 10.3. The van der Waals surface area contributed by atoms with Gasteiger partial charge in [-0.2, -0.15) is 0 Å². The van der Waals surface area contributed by atoms with Crippen molar-refractivity contribution in [2.45, 2.75) is 52.6 Å². The maximum absolute atomic E-state index is 10.4. The first-order chi connectivity index (χ1) is 7.69. The molecule has 0 fully saturated rings. The lowest BCUT2D eigenvalue weighted by Crippen LogP contribution is -2.36. The number of aryl methyl sites for hydroxylation is 2. The van der Waals surface area contributed by atoms with Gasteiger partial charge >= 0.3 is 5.97 Å². The maximum Gasteiger partial charge on any atom is 0.303 e. The van der Waals surface area contributed by atoms with Gasteiger partial charge in [-0.3, -0.25) is 4.79 Å². The van der Waals surface area contributed by atoms with Crippen molar-refractivity contribution in [1.82, 2.24) is 4.57 Å². The molecule has 16 heavy (non-hydrogen) atoms. The Morgan fingerprint density at radius 3 is 2.81 bits per heavy atom. The second-order valence-electron chi connectivity index (χ2n) is 3.95. The molecule has 0 aromatic carbocycles. The summed E-state index contributed by atoms with van der Waals surface area (Å²) < 4.78 is 4.42. The van der Waals surface area contributed by atoms with Crippen LogP contribution in [0, 0.1) is 0 Å². The minimum atomic E-state index is -0.716. The van der Waals surface area contributed by atoms with Crippen LogP contribution >= 0.6 is 0 Å². The maximum atomic E-state index is 10.4. The predicted octanol–water partition coefficient (Wildman–Crippen LogP) is 1.61. The van der Waals surface area contributed by atoms with Gasteiger partial charge in [0.1, 0.15) is 12.4 Å². The largest absolute Gasteiger partial charge is 0.481 e. The quantitative estimate of drug-likeness (QED) is 0.717. The highest BCUT2D eigenvalue weighted by Crippen LogP contribution is 2.01. The van der Waals surface area contributed by atoms with E-state index in [2.05, 4.69) is 35.4 Å². The number of hydrogen-bond donors (Lipinski definition) is 1. The minimum absolute atomic E-state index is 0.245. The lowest BCUT2D eigenvalue weighted by Gasteiger charge is -2.01. The molecule has 90 valence electrons. The summed E-state index contributed by atoms with van der Waals surface area (Å²) in [6, 6.07) is 0. The van der Waals surface area contributed by atoms with Gasteiger partial charge in [-0.15, -0.1) is 0 Å². The van der Waals surface area contributed by atoms with E-state index in [1.807, 2.05) is 0 Å². The zero-order chi connectivity index (χ0) is 12.0. The van der Waals surface area contributed by atoms with Crippen molar-refractivity contribution < 1.29 is 14.5 Å². The zero-order valence-electron chi connectivity index (χ0n) is 10.1. The molecule has 1 heterocycles. The molecule has 1 aromatic rings. The average Bonchev–Trinajstić information content (AvgIpc) is 2.61. The van der Waals surface area contributed by atoms with Crippen LogP contribution in [-0.4, -0.2) is 15.6 Å². The van der Waals surface area contributed by atoms with Crippen molar-refractivity contribution in [3.63, 3.8) is 0 Å². The summed E-state index contributed by atoms with van der Waals surface area (Å²) in [6.07, 6.45) is 7.19. The second-order valence-corrected chi connectivity index (χ2v) is 3.95. The Bertz CT molecular complexity index is 345. The fraction of sp³-hybridized carbons (Fsp3) is 0.667. The van der Waals surface area contributed by atoms with Crippen molar-refractivity contribution in [1.29, 1.82) is 0 Å². The van der Waals surface area contributed by atoms with Crippen molar-refractivity contribution in [3.05, 3.63) is 18.2 Å². The van der Waals surface area contributed by atoms with E-state index in [1.165, 1.54) is 5.82 Å². The number of imidazole rings is 1. The summed E-state index contributed by atoms with van der Waals surface area (Å²) in [5.41, 5.74) is 0. The molecule has 0 saturated heterocycles. The van der Waals surface area contributed by atoms with Crippen LogP contribution in [-0.2, 0) is 24.3 Å². The van der Waals surface area contributed by atoms with E-state index in [-0.39, 0.29) is 6.42 Å². The second kappa shape index (κ2) is 6.30. The first-order valence-electron chi connectivity index (χ1n) is 5.98. The molecule has 0 bridgehead atoms. The van der Waals surface area contributed by atoms with Gasteiger partial charge in [-0.1, -0.05) is 13.8 Å². The van der Waals surface area contributed by atoms with Crippen LogP contribution in [0.15, 0.2) is 12.4 Å². The molecule has 0 aliphatic rings. The van der Waals surface area contributed by atoms with Gasteiger partial charge in [0.15, 0.2) is 0 Å². The van der Waals surface area contributed by atoms with E-state index in [0.29, 0.717) is 6.42 Å². The third-order valence-electron chi connectivity index (χ3n) is 2.66. The van der Waals surface area contributed by atoms with Crippen LogP contribution in [0.1, 0.15) is 38.9 Å². The predicted molar refractivity (Wildman–Crippen MR) is 61.2 cm³/mol. The third-order valence-corrected chi connectivity index (χ3v) is 2.66. The summed E-state index contributed by atoms with van der Waals surface area (Å²) in [5.74, 6) is 0.568. The van der Waals surface area contributed by atoms with Crippen LogP contribution in [0.2, 0.25) is 0 Å². The summed E-state index contributed by atoms with van der Waals surface area (Å²) in [6.45, 7) is 6.13. The van der Waals surface area contributed by atoms with Crippen LogP contribution in [0.25, 0.3) is 0 Å². The molecule has 0 amide bonds. The number of carbonyl (C=O) groups is 1. The highest BCUT2D eigenvalue weighted by molar-refractivity contribution is 5.66. The molecule has 0 unspecified atom stereocenters. The Hall–Kier alpha value is -1.32. The Kier molecular flexibility index (Phi) is 5.02. The Balaban J connectivity index is 2.61. The molecule has 1 N–H and O–H groups in total. The summed E-state index contributed by atoms with van der Waals surface area (Å²) in [4.78, 5) is 10.4. The number of carboxylic acid groups (broad SMARTS) is 1. The molecule has 0 aliphatic heterocycles. The molecule has 0 saturated carbocycles. The van der Waals surface area contributed by atoms with E-state index in [1.54, 1.807) is 0 Å². The molecule has 0 aliphatic carbocycles. The lowest BCUT2D eigenvalue weighted by molar-refractivity contribution is -0.703. The van der Waals surface area contributed by atoms with Gasteiger partial charge in [0.25, 0.3) is 5.82 Å². The summed E-state index contributed by atoms with van der Waals surface area (Å²) >= 11 is 0. The van der Waals surface area contributed by atoms with E-state index < -0.39 is 5.97 Å². The fourth-order valence-corrected chi connectivity index (χ4v) is 1.95. The van der Waals surface area contributed by atoms with E-state index in [9.17, 15) is 4.79 Å². The van der Waals surface area contributed by atoms with E-state index >= 15 is 0 Å². The monoisotopic (exact) mass is 225 g/mol. The zero-order valence-corrected chi connectivity index (χ0v) is 10.1. The van der Waals surface area contributed by atoms with Gasteiger partial charge in [-0.25, -0.2) is 9.13 Å². The van der Waals surface area contributed by atoms with Crippen molar-refractivity contribution in [3.8, 4) is 0 Å². The minimum Gasteiger partial charge on any atom is -0.481 e. The van der Waals surface area contributed by atoms with Crippen LogP contribution in [0.3, 0.4) is 0 Å². The van der Waals surface area contributed by atoms with E-state index in [4.69, 9.17) is 5.11 Å². The number of rotatable bonds is 7. The number of aromatic nitrogens is 2. The first-order valence-corrected chi connectivity index (χ1v) is 5.98. The molecule has 0 spiro atoms. The van der Waals surface area contributed by atoms with E-state index in [0.717, 1.165) is 25.9 Å². The molecular formula is C12H21N2O2+. The van der Waals surface area contributed by atoms with Gasteiger partial charge in [-0.05, 0) is 12.8 Å². The summed E-state index contributed by atoms with van der Waals surface area (Å²) in [5, 5.41) is 8.59. The van der Waals surface area contributed by atoms with Crippen molar-refractivity contribution in [2.24, 2.45) is 0 Å². The molecule has 4 heteroatoms. The average molecular weight is 225 g/mol. The standard InChI is InChI=1S/C12H20N2O2/c1-3-7-13-9-10-14(11(13)4-2)8-5-6-12(15)16/h9-10H,3-8H2,1-2H3/p+1. The number of hydrogen-bond acceptors (Lipinski definition) is 1. The number of aliphatic carboxylic acids is 1. The molecule has 0 radical (unpaired) electrons. The molecule has 0 atom stereocenters. The Labute approximate surface area is 96.5 Å². The van der Waals surface area contributed by atoms with Crippen LogP contribution < -0.4 is 4.57 Å². The van der Waals surface area contributed by atoms with Crippen LogP contribution in [0.5, 0.6) is 0 Å². The third kappa shape index (κ3) is 3.36. The Morgan fingerprint density at radius 2 is 2.25 bits per heavy atom. The summed E-state index contributed by atoms with van der Waals surface area (Å²) in [7, 11) is 0. The molecule has 1 rings (SSSR count). The Morgan fingerprint density at radius 1 is 1.50 bits per heavy atom. The number of nitrogens with zero attached hydrogens (tertiary/aromatic N) is 2. The first kappa shape index (κ1) is 12.7.